The number of hydrogen-bond acceptors (Lipinski definition) is 8. The fraction of sp³-hybridized carbons (Fsp3) is 0.429. The predicted octanol–water partition coefficient (Wildman–Crippen LogP) is 3.55. The van der Waals surface area contributed by atoms with Gasteiger partial charge in [0.2, 0.25) is 0 Å². The van der Waals surface area contributed by atoms with Crippen molar-refractivity contribution < 1.29 is 14.3 Å². The zero-order chi connectivity index (χ0) is 27.2. The fourth-order valence-electron chi connectivity index (χ4n) is 4.27. The van der Waals surface area contributed by atoms with Gasteiger partial charge >= 0.3 is 11.7 Å². The molecule has 3 heterocycles. The van der Waals surface area contributed by atoms with Crippen LogP contribution in [0.4, 0.5) is 0 Å². The summed E-state index contributed by atoms with van der Waals surface area (Å²) in [7, 11) is 1.46. The minimum absolute atomic E-state index is 0.128. The second kappa shape index (κ2) is 12.0. The molecule has 0 saturated carbocycles. The van der Waals surface area contributed by atoms with Crippen molar-refractivity contribution >= 4 is 28.0 Å². The summed E-state index contributed by atoms with van der Waals surface area (Å²) in [6.45, 7) is 6.29. The standard InChI is InChI=1S/C28H33N5O5/c1-18(2)16-33-26-25(27(35)32(4)28(33)36)30-23(10-6-5-7-14-37-19(3)34)24(31-26)17-38-21-11-12-22-20(15-21)9-8-13-29-22/h8-9,11-13,15,18H,5-7,10,14,16-17H2,1-4H3. The van der Waals surface area contributed by atoms with Gasteiger partial charge in [0.1, 0.15) is 18.1 Å². The van der Waals surface area contributed by atoms with Crippen molar-refractivity contribution in [3.63, 3.8) is 0 Å². The lowest BCUT2D eigenvalue weighted by Gasteiger charge is -2.16. The molecule has 38 heavy (non-hydrogen) atoms. The van der Waals surface area contributed by atoms with Crippen LogP contribution in [0, 0.1) is 5.92 Å². The number of nitrogens with zero attached hydrogens (tertiary/aromatic N) is 5. The molecule has 0 bridgehead atoms. The van der Waals surface area contributed by atoms with Crippen LogP contribution < -0.4 is 16.0 Å². The number of aromatic nitrogens is 5. The van der Waals surface area contributed by atoms with E-state index in [1.165, 1.54) is 18.5 Å². The second-order valence-electron chi connectivity index (χ2n) is 9.74. The highest BCUT2D eigenvalue weighted by atomic mass is 16.5. The molecular weight excluding hydrogens is 486 g/mol. The number of unbranched alkanes of at least 4 members (excludes halogenated alkanes) is 2. The van der Waals surface area contributed by atoms with Gasteiger partial charge in [-0.25, -0.2) is 14.8 Å². The Kier molecular flexibility index (Phi) is 8.50. The molecule has 0 fully saturated rings. The van der Waals surface area contributed by atoms with Crippen molar-refractivity contribution in [1.82, 2.24) is 24.1 Å². The van der Waals surface area contributed by atoms with E-state index < -0.39 is 11.2 Å². The lowest BCUT2D eigenvalue weighted by molar-refractivity contribution is -0.141. The molecule has 200 valence electrons. The van der Waals surface area contributed by atoms with E-state index in [0.717, 1.165) is 34.7 Å². The van der Waals surface area contributed by atoms with Crippen LogP contribution in [0.3, 0.4) is 0 Å². The number of ether oxygens (including phenoxy) is 2. The molecule has 0 N–H and O–H groups in total. The third kappa shape index (κ3) is 6.24. The molecule has 4 aromatic rings. The summed E-state index contributed by atoms with van der Waals surface area (Å²) in [6, 6.07) is 9.49. The van der Waals surface area contributed by atoms with Gasteiger partial charge in [0.15, 0.2) is 11.2 Å². The SMILES string of the molecule is CC(=O)OCCCCCc1nc2c(=O)n(C)c(=O)n(CC(C)C)c2nc1COc1ccc2ncccc2c1. The van der Waals surface area contributed by atoms with Crippen molar-refractivity contribution in [2.45, 2.75) is 59.6 Å². The van der Waals surface area contributed by atoms with Crippen molar-refractivity contribution in [2.24, 2.45) is 13.0 Å². The zero-order valence-electron chi connectivity index (χ0n) is 22.3. The van der Waals surface area contributed by atoms with Crippen molar-refractivity contribution in [2.75, 3.05) is 6.61 Å². The highest BCUT2D eigenvalue weighted by Gasteiger charge is 2.19. The Balaban J connectivity index is 1.68. The number of hydrogen-bond donors (Lipinski definition) is 0. The highest BCUT2D eigenvalue weighted by Crippen LogP contribution is 2.21. The number of fused-ring (bicyclic) bond motifs is 2. The molecule has 4 rings (SSSR count). The lowest BCUT2D eigenvalue weighted by atomic mass is 10.1. The zero-order valence-corrected chi connectivity index (χ0v) is 22.3. The molecule has 0 aliphatic heterocycles. The van der Waals surface area contributed by atoms with Crippen LogP contribution in [0.15, 0.2) is 46.1 Å². The Morgan fingerprint density at radius 2 is 1.87 bits per heavy atom. The Morgan fingerprint density at radius 3 is 2.63 bits per heavy atom. The summed E-state index contributed by atoms with van der Waals surface area (Å²) in [5.74, 6) is 0.527. The molecule has 3 aromatic heterocycles. The summed E-state index contributed by atoms with van der Waals surface area (Å²) < 4.78 is 13.7. The monoisotopic (exact) mass is 519 g/mol. The first-order chi connectivity index (χ1) is 18.2. The molecule has 0 spiro atoms. The lowest BCUT2D eigenvalue weighted by Crippen LogP contribution is -2.40. The Bertz CT molecular complexity index is 1570. The van der Waals surface area contributed by atoms with Crippen LogP contribution in [0.5, 0.6) is 5.75 Å². The minimum atomic E-state index is -0.469. The molecule has 0 aliphatic carbocycles. The summed E-state index contributed by atoms with van der Waals surface area (Å²) in [5.41, 5.74) is 1.65. The van der Waals surface area contributed by atoms with Crippen molar-refractivity contribution in [3.8, 4) is 5.75 Å². The first-order valence-electron chi connectivity index (χ1n) is 12.8. The maximum Gasteiger partial charge on any atom is 0.332 e. The number of aryl methyl sites for hydroxylation is 1. The van der Waals surface area contributed by atoms with E-state index in [0.29, 0.717) is 36.7 Å². The Morgan fingerprint density at radius 1 is 1.05 bits per heavy atom. The van der Waals surface area contributed by atoms with E-state index in [1.807, 2.05) is 44.2 Å². The smallest absolute Gasteiger partial charge is 0.332 e. The average molecular weight is 520 g/mol. The number of esters is 1. The molecule has 0 aliphatic rings. The van der Waals surface area contributed by atoms with E-state index in [9.17, 15) is 14.4 Å². The molecule has 10 heteroatoms. The largest absolute Gasteiger partial charge is 0.487 e. The molecule has 1 aromatic carbocycles. The van der Waals surface area contributed by atoms with Gasteiger partial charge in [-0.3, -0.25) is 23.7 Å². The van der Waals surface area contributed by atoms with E-state index >= 15 is 0 Å². The van der Waals surface area contributed by atoms with Gasteiger partial charge in [-0.1, -0.05) is 19.9 Å². The summed E-state index contributed by atoms with van der Waals surface area (Å²) >= 11 is 0. The highest BCUT2D eigenvalue weighted by molar-refractivity contribution is 5.79. The number of benzene rings is 1. The third-order valence-corrected chi connectivity index (χ3v) is 6.17. The molecule has 0 saturated heterocycles. The average Bonchev–Trinajstić information content (AvgIpc) is 2.90. The fourth-order valence-corrected chi connectivity index (χ4v) is 4.27. The summed E-state index contributed by atoms with van der Waals surface area (Å²) in [4.78, 5) is 50.8. The molecule has 0 atom stereocenters. The maximum absolute atomic E-state index is 13.0. The van der Waals surface area contributed by atoms with Crippen LogP contribution in [-0.2, 0) is 36.2 Å². The number of carbonyl (C=O) groups is 1. The van der Waals surface area contributed by atoms with Crippen LogP contribution in [0.1, 0.15) is 51.4 Å². The first-order valence-corrected chi connectivity index (χ1v) is 12.8. The van der Waals surface area contributed by atoms with Gasteiger partial charge in [0.25, 0.3) is 5.56 Å². The van der Waals surface area contributed by atoms with Crippen LogP contribution in [0.2, 0.25) is 0 Å². The van der Waals surface area contributed by atoms with E-state index in [2.05, 4.69) is 4.98 Å². The van der Waals surface area contributed by atoms with Crippen LogP contribution in [-0.4, -0.2) is 36.7 Å². The van der Waals surface area contributed by atoms with Crippen molar-refractivity contribution in [1.29, 1.82) is 0 Å². The summed E-state index contributed by atoms with van der Waals surface area (Å²) in [5, 5.41) is 0.955. The van der Waals surface area contributed by atoms with Gasteiger partial charge < -0.3 is 9.47 Å². The topological polar surface area (TPSA) is 118 Å². The number of carbonyl (C=O) groups excluding carboxylic acids is 1. The number of rotatable bonds is 11. The normalized spacial score (nSPS) is 11.4. The van der Waals surface area contributed by atoms with Crippen molar-refractivity contribution in [3.05, 3.63) is 68.8 Å². The third-order valence-electron chi connectivity index (χ3n) is 6.17. The van der Waals surface area contributed by atoms with Gasteiger partial charge in [-0.2, -0.15) is 0 Å². The molecule has 10 nitrogen and oxygen atoms in total. The van der Waals surface area contributed by atoms with Gasteiger partial charge in [0.05, 0.1) is 17.8 Å². The Hall–Kier alpha value is -4.08. The second-order valence-corrected chi connectivity index (χ2v) is 9.74. The predicted molar refractivity (Wildman–Crippen MR) is 144 cm³/mol. The van der Waals surface area contributed by atoms with E-state index in [4.69, 9.17) is 19.4 Å². The Labute approximate surface area is 220 Å². The van der Waals surface area contributed by atoms with Gasteiger partial charge in [-0.05, 0) is 55.9 Å². The van der Waals surface area contributed by atoms with Crippen LogP contribution in [0.25, 0.3) is 22.1 Å². The quantitative estimate of drug-likeness (QED) is 0.218. The molecule has 0 radical (unpaired) electrons. The maximum atomic E-state index is 13.0. The van der Waals surface area contributed by atoms with E-state index in [1.54, 1.807) is 6.20 Å². The summed E-state index contributed by atoms with van der Waals surface area (Å²) in [6.07, 6.45) is 4.62. The number of pyridine rings is 1. The minimum Gasteiger partial charge on any atom is -0.487 e. The molecule has 0 unspecified atom stereocenters. The molecule has 0 amide bonds. The van der Waals surface area contributed by atoms with Crippen LogP contribution >= 0.6 is 0 Å². The molecular formula is C28H33N5O5. The van der Waals surface area contributed by atoms with Gasteiger partial charge in [-0.15, -0.1) is 0 Å². The van der Waals surface area contributed by atoms with Gasteiger partial charge in [0, 0.05) is 32.1 Å². The first kappa shape index (κ1) is 27.0. The van der Waals surface area contributed by atoms with E-state index in [-0.39, 0.29) is 29.7 Å².